The molecule has 0 spiro atoms. The van der Waals surface area contributed by atoms with E-state index in [2.05, 4.69) is 17.3 Å². The molecule has 1 aliphatic heterocycles. The standard InChI is InChI=1S/C20H30ClFN2/c1-24-13-10-17(11-14-24)23-12-9-15-5-7-16(8-6-15)18-3-2-4-19(22)20(18)21/h2-4,15-17,23H,5-14H2,1H3. The Labute approximate surface area is 150 Å². The molecule has 3 rings (SSSR count). The third kappa shape index (κ3) is 4.71. The molecule has 0 aromatic heterocycles. The molecule has 0 atom stereocenters. The zero-order chi connectivity index (χ0) is 16.9. The molecule has 2 fully saturated rings. The summed E-state index contributed by atoms with van der Waals surface area (Å²) in [4.78, 5) is 2.41. The first-order valence-corrected chi connectivity index (χ1v) is 9.87. The van der Waals surface area contributed by atoms with Gasteiger partial charge in [-0.2, -0.15) is 0 Å². The quantitative estimate of drug-likeness (QED) is 0.816. The second-order valence-electron chi connectivity index (χ2n) is 7.68. The summed E-state index contributed by atoms with van der Waals surface area (Å²) in [6.07, 6.45) is 8.60. The molecule has 1 aliphatic carbocycles. The number of piperidine rings is 1. The number of rotatable bonds is 5. The minimum atomic E-state index is -0.279. The predicted molar refractivity (Wildman–Crippen MR) is 99.2 cm³/mol. The van der Waals surface area contributed by atoms with Gasteiger partial charge in [0.2, 0.25) is 0 Å². The van der Waals surface area contributed by atoms with Gasteiger partial charge in [0.1, 0.15) is 5.82 Å². The SMILES string of the molecule is CN1CCC(NCCC2CCC(c3cccc(F)c3Cl)CC2)CC1. The minimum absolute atomic E-state index is 0.279. The highest BCUT2D eigenvalue weighted by Gasteiger charge is 2.25. The average molecular weight is 353 g/mol. The van der Waals surface area contributed by atoms with Crippen LogP contribution in [0, 0.1) is 11.7 Å². The summed E-state index contributed by atoms with van der Waals surface area (Å²) in [5, 5.41) is 4.09. The number of hydrogen-bond donors (Lipinski definition) is 1. The Balaban J connectivity index is 1.38. The van der Waals surface area contributed by atoms with E-state index in [4.69, 9.17) is 11.6 Å². The second kappa shape index (κ2) is 8.64. The molecule has 1 saturated carbocycles. The summed E-state index contributed by atoms with van der Waals surface area (Å²) in [6, 6.07) is 5.95. The third-order valence-corrected chi connectivity index (χ3v) is 6.37. The molecule has 0 amide bonds. The Bertz CT molecular complexity index is 520. The fourth-order valence-corrected chi connectivity index (χ4v) is 4.58. The maximum absolute atomic E-state index is 13.6. The normalized spacial score (nSPS) is 26.6. The molecule has 2 aliphatic rings. The Hall–Kier alpha value is -0.640. The van der Waals surface area contributed by atoms with Crippen LogP contribution in [0.5, 0.6) is 0 Å². The van der Waals surface area contributed by atoms with Crippen molar-refractivity contribution in [2.75, 3.05) is 26.7 Å². The van der Waals surface area contributed by atoms with Crippen molar-refractivity contribution in [1.82, 2.24) is 10.2 Å². The number of halogens is 2. The van der Waals surface area contributed by atoms with Crippen LogP contribution in [0.4, 0.5) is 4.39 Å². The first-order valence-electron chi connectivity index (χ1n) is 9.49. The van der Waals surface area contributed by atoms with Gasteiger partial charge >= 0.3 is 0 Å². The van der Waals surface area contributed by atoms with Crippen LogP contribution in [-0.2, 0) is 0 Å². The van der Waals surface area contributed by atoms with Crippen molar-refractivity contribution < 1.29 is 4.39 Å². The Morgan fingerprint density at radius 1 is 1.12 bits per heavy atom. The number of nitrogens with zero attached hydrogens (tertiary/aromatic N) is 1. The molecule has 0 bridgehead atoms. The molecule has 1 saturated heterocycles. The van der Waals surface area contributed by atoms with Gasteiger partial charge in [0.05, 0.1) is 5.02 Å². The van der Waals surface area contributed by atoms with Crippen molar-refractivity contribution in [2.45, 2.75) is 56.9 Å². The first kappa shape index (κ1) is 18.2. The predicted octanol–water partition coefficient (Wildman–Crippen LogP) is 4.83. The Morgan fingerprint density at radius 2 is 1.83 bits per heavy atom. The van der Waals surface area contributed by atoms with Crippen LogP contribution in [0.25, 0.3) is 0 Å². The van der Waals surface area contributed by atoms with Crippen molar-refractivity contribution in [1.29, 1.82) is 0 Å². The maximum atomic E-state index is 13.6. The van der Waals surface area contributed by atoms with Crippen LogP contribution in [0.3, 0.4) is 0 Å². The highest BCUT2D eigenvalue weighted by Crippen LogP contribution is 2.40. The van der Waals surface area contributed by atoms with Crippen LogP contribution in [0.2, 0.25) is 5.02 Å². The van der Waals surface area contributed by atoms with Gasteiger partial charge in [-0.25, -0.2) is 4.39 Å². The molecule has 24 heavy (non-hydrogen) atoms. The minimum Gasteiger partial charge on any atom is -0.314 e. The zero-order valence-corrected chi connectivity index (χ0v) is 15.5. The lowest BCUT2D eigenvalue weighted by atomic mass is 9.77. The number of hydrogen-bond acceptors (Lipinski definition) is 2. The molecule has 134 valence electrons. The van der Waals surface area contributed by atoms with E-state index in [0.29, 0.717) is 17.0 Å². The van der Waals surface area contributed by atoms with E-state index in [-0.39, 0.29) is 5.82 Å². The van der Waals surface area contributed by atoms with Crippen molar-refractivity contribution in [3.8, 4) is 0 Å². The summed E-state index contributed by atoms with van der Waals surface area (Å²) in [5.74, 6) is 0.970. The fraction of sp³-hybridized carbons (Fsp3) is 0.700. The summed E-state index contributed by atoms with van der Waals surface area (Å²) >= 11 is 6.15. The highest BCUT2D eigenvalue weighted by molar-refractivity contribution is 6.31. The van der Waals surface area contributed by atoms with Gasteiger partial charge in [0.15, 0.2) is 0 Å². The van der Waals surface area contributed by atoms with Crippen LogP contribution >= 0.6 is 11.6 Å². The van der Waals surface area contributed by atoms with Crippen LogP contribution < -0.4 is 5.32 Å². The van der Waals surface area contributed by atoms with Crippen molar-refractivity contribution in [3.63, 3.8) is 0 Å². The van der Waals surface area contributed by atoms with Gasteiger partial charge < -0.3 is 10.2 Å². The van der Waals surface area contributed by atoms with Crippen molar-refractivity contribution >= 4 is 11.6 Å². The van der Waals surface area contributed by atoms with Gasteiger partial charge in [-0.1, -0.05) is 23.7 Å². The molecule has 0 radical (unpaired) electrons. The largest absolute Gasteiger partial charge is 0.314 e. The molecular formula is C20H30ClFN2. The first-order chi connectivity index (χ1) is 11.6. The van der Waals surface area contributed by atoms with E-state index >= 15 is 0 Å². The van der Waals surface area contributed by atoms with E-state index in [9.17, 15) is 4.39 Å². The Morgan fingerprint density at radius 3 is 2.54 bits per heavy atom. The van der Waals surface area contributed by atoms with E-state index in [1.54, 1.807) is 6.07 Å². The van der Waals surface area contributed by atoms with Crippen molar-refractivity contribution in [2.24, 2.45) is 5.92 Å². The average Bonchev–Trinajstić information content (AvgIpc) is 2.60. The van der Waals surface area contributed by atoms with Gasteiger partial charge in [0.25, 0.3) is 0 Å². The van der Waals surface area contributed by atoms with Crippen LogP contribution in [0.1, 0.15) is 56.4 Å². The summed E-state index contributed by atoms with van der Waals surface area (Å²) in [6.45, 7) is 3.58. The lowest BCUT2D eigenvalue weighted by Gasteiger charge is -2.32. The van der Waals surface area contributed by atoms with Gasteiger partial charge in [-0.3, -0.25) is 0 Å². The number of nitrogens with one attached hydrogen (secondary N) is 1. The molecule has 0 unspecified atom stereocenters. The lowest BCUT2D eigenvalue weighted by molar-refractivity contribution is 0.228. The molecule has 4 heteroatoms. The molecular weight excluding hydrogens is 323 g/mol. The van der Waals surface area contributed by atoms with E-state index in [1.165, 1.54) is 51.3 Å². The van der Waals surface area contributed by atoms with Crippen LogP contribution in [0.15, 0.2) is 18.2 Å². The van der Waals surface area contributed by atoms with E-state index in [0.717, 1.165) is 30.9 Å². The van der Waals surface area contributed by atoms with Crippen molar-refractivity contribution in [3.05, 3.63) is 34.6 Å². The lowest BCUT2D eigenvalue weighted by Crippen LogP contribution is -2.41. The van der Waals surface area contributed by atoms with E-state index < -0.39 is 0 Å². The number of benzene rings is 1. The van der Waals surface area contributed by atoms with Gasteiger partial charge in [-0.15, -0.1) is 0 Å². The second-order valence-corrected chi connectivity index (χ2v) is 8.06. The van der Waals surface area contributed by atoms with Gasteiger partial charge in [0, 0.05) is 6.04 Å². The maximum Gasteiger partial charge on any atom is 0.142 e. The van der Waals surface area contributed by atoms with Crippen LogP contribution in [-0.4, -0.2) is 37.6 Å². The number of likely N-dealkylation sites (tertiary alicyclic amines) is 1. The summed E-state index contributed by atoms with van der Waals surface area (Å²) < 4.78 is 13.6. The molecule has 1 aromatic carbocycles. The molecule has 1 N–H and O–H groups in total. The summed E-state index contributed by atoms with van der Waals surface area (Å²) in [7, 11) is 2.21. The Kier molecular flexibility index (Phi) is 6.54. The monoisotopic (exact) mass is 352 g/mol. The van der Waals surface area contributed by atoms with Gasteiger partial charge in [-0.05, 0) is 95.1 Å². The zero-order valence-electron chi connectivity index (χ0n) is 14.7. The fourth-order valence-electron chi connectivity index (χ4n) is 4.30. The summed E-state index contributed by atoms with van der Waals surface area (Å²) in [5.41, 5.74) is 1.01. The third-order valence-electron chi connectivity index (χ3n) is 5.97. The van der Waals surface area contributed by atoms with E-state index in [1.807, 2.05) is 6.07 Å². The topological polar surface area (TPSA) is 15.3 Å². The molecule has 2 nitrogen and oxygen atoms in total. The molecule has 1 heterocycles. The smallest absolute Gasteiger partial charge is 0.142 e. The highest BCUT2D eigenvalue weighted by atomic mass is 35.5. The molecule has 1 aromatic rings.